The van der Waals surface area contributed by atoms with E-state index in [0.29, 0.717) is 0 Å². The van der Waals surface area contributed by atoms with Crippen molar-refractivity contribution in [1.82, 2.24) is 15.0 Å². The number of carbonyl (C=O) groups is 1. The minimum absolute atomic E-state index is 0.0841. The zero-order chi connectivity index (χ0) is 21.2. The van der Waals surface area contributed by atoms with Crippen LogP contribution in [0.4, 0.5) is 26.3 Å². The van der Waals surface area contributed by atoms with Crippen LogP contribution in [0.25, 0.3) is 11.0 Å². The third-order valence-electron chi connectivity index (χ3n) is 3.85. The Morgan fingerprint density at radius 3 is 2.28 bits per heavy atom. The van der Waals surface area contributed by atoms with Gasteiger partial charge < -0.3 is 4.57 Å². The van der Waals surface area contributed by atoms with Crippen molar-refractivity contribution in [2.75, 3.05) is 0 Å². The molecule has 0 unspecified atom stereocenters. The van der Waals surface area contributed by atoms with Crippen LogP contribution >= 0.6 is 0 Å². The number of benzene rings is 2. The molecule has 1 heterocycles. The smallest absolute Gasteiger partial charge is 0.311 e. The number of rotatable bonds is 4. The van der Waals surface area contributed by atoms with Crippen LogP contribution in [0.3, 0.4) is 0 Å². The summed E-state index contributed by atoms with van der Waals surface area (Å²) in [7, 11) is 0. The molecule has 1 N–H and O–H groups in total. The number of imidazole rings is 1. The summed E-state index contributed by atoms with van der Waals surface area (Å²) < 4.78 is 77.8. The Labute approximate surface area is 159 Å². The zero-order valence-electron chi connectivity index (χ0n) is 14.4. The first-order valence-electron chi connectivity index (χ1n) is 8.07. The second kappa shape index (κ2) is 7.57. The fourth-order valence-electron chi connectivity index (χ4n) is 2.57. The molecule has 29 heavy (non-hydrogen) atoms. The van der Waals surface area contributed by atoms with E-state index in [1.54, 1.807) is 0 Å². The fraction of sp³-hybridized carbons (Fsp3) is 0.167. The summed E-state index contributed by atoms with van der Waals surface area (Å²) in [6, 6.07) is 9.80. The Kier molecular flexibility index (Phi) is 5.31. The number of fused-ring (bicyclic) bond motifs is 1. The maximum Gasteiger partial charge on any atom is 0.449 e. The van der Waals surface area contributed by atoms with Gasteiger partial charge in [0.25, 0.3) is 5.91 Å². The highest BCUT2D eigenvalue weighted by molar-refractivity contribution is 5.84. The van der Waals surface area contributed by atoms with Crippen LogP contribution < -0.4 is 5.43 Å². The van der Waals surface area contributed by atoms with Gasteiger partial charge in [-0.05, 0) is 29.8 Å². The molecule has 0 atom stereocenters. The molecule has 0 saturated heterocycles. The van der Waals surface area contributed by atoms with Crippen LogP contribution in [0.1, 0.15) is 17.0 Å². The summed E-state index contributed by atoms with van der Waals surface area (Å²) in [5, 5.41) is 3.57. The molecule has 0 spiro atoms. The van der Waals surface area contributed by atoms with Gasteiger partial charge in [0, 0.05) is 0 Å². The fourth-order valence-corrected chi connectivity index (χ4v) is 2.57. The van der Waals surface area contributed by atoms with Crippen LogP contribution in [0.2, 0.25) is 0 Å². The first kappa shape index (κ1) is 20.4. The zero-order valence-corrected chi connectivity index (χ0v) is 14.4. The summed E-state index contributed by atoms with van der Waals surface area (Å²) >= 11 is 0. The Morgan fingerprint density at radius 1 is 1.00 bits per heavy atom. The van der Waals surface area contributed by atoms with Crippen molar-refractivity contribution in [2.45, 2.75) is 18.9 Å². The Balaban J connectivity index is 1.72. The standard InChI is InChI=1S/C18H12F6N4O/c19-17(20,21)12-7-5-11(6-8-12)9-25-27-15(29)10-28-14-4-2-1-3-13(14)26-16(28)18(22,23)24/h1-9H,10H2,(H,27,29). The summed E-state index contributed by atoms with van der Waals surface area (Å²) in [5.74, 6) is -2.08. The van der Waals surface area contributed by atoms with Crippen LogP contribution in [-0.2, 0) is 23.7 Å². The van der Waals surface area contributed by atoms with Crippen molar-refractivity contribution in [1.29, 1.82) is 0 Å². The average molecular weight is 414 g/mol. The quantitative estimate of drug-likeness (QED) is 0.395. The molecule has 1 aromatic heterocycles. The summed E-state index contributed by atoms with van der Waals surface area (Å²) in [5.41, 5.74) is 1.68. The van der Waals surface area contributed by atoms with Crippen molar-refractivity contribution >= 4 is 23.2 Å². The van der Waals surface area contributed by atoms with E-state index < -0.39 is 36.2 Å². The summed E-state index contributed by atoms with van der Waals surface area (Å²) in [6.45, 7) is -0.695. The number of para-hydroxylation sites is 2. The molecule has 0 radical (unpaired) electrons. The Morgan fingerprint density at radius 2 is 1.66 bits per heavy atom. The topological polar surface area (TPSA) is 59.3 Å². The predicted octanol–water partition coefficient (Wildman–Crippen LogP) is 4.22. The van der Waals surface area contributed by atoms with Gasteiger partial charge in [-0.15, -0.1) is 0 Å². The number of hydrogen-bond donors (Lipinski definition) is 1. The van der Waals surface area contributed by atoms with E-state index in [-0.39, 0.29) is 16.6 Å². The van der Waals surface area contributed by atoms with E-state index in [0.717, 1.165) is 35.0 Å². The van der Waals surface area contributed by atoms with Crippen LogP contribution in [0, 0.1) is 0 Å². The molecule has 3 rings (SSSR count). The number of aromatic nitrogens is 2. The van der Waals surface area contributed by atoms with Crippen LogP contribution in [0.5, 0.6) is 0 Å². The molecular formula is C18H12F6N4O. The van der Waals surface area contributed by atoms with E-state index in [1.807, 2.05) is 5.43 Å². The predicted molar refractivity (Wildman–Crippen MR) is 91.9 cm³/mol. The highest BCUT2D eigenvalue weighted by atomic mass is 19.4. The lowest BCUT2D eigenvalue weighted by molar-refractivity contribution is -0.147. The van der Waals surface area contributed by atoms with Crippen molar-refractivity contribution in [3.05, 3.63) is 65.5 Å². The van der Waals surface area contributed by atoms with Crippen LogP contribution in [-0.4, -0.2) is 21.7 Å². The lowest BCUT2D eigenvalue weighted by atomic mass is 10.1. The third-order valence-corrected chi connectivity index (χ3v) is 3.85. The van der Waals surface area contributed by atoms with Gasteiger partial charge in [-0.25, -0.2) is 10.4 Å². The minimum atomic E-state index is -4.76. The normalized spacial score (nSPS) is 12.6. The maximum atomic E-state index is 13.2. The summed E-state index contributed by atoms with van der Waals surface area (Å²) in [4.78, 5) is 15.5. The molecule has 1 amide bonds. The number of carbonyl (C=O) groups excluding carboxylic acids is 1. The number of nitrogens with one attached hydrogen (secondary N) is 1. The number of nitrogens with zero attached hydrogens (tertiary/aromatic N) is 3. The molecule has 0 aliphatic heterocycles. The molecular weight excluding hydrogens is 402 g/mol. The molecule has 3 aromatic rings. The molecule has 2 aromatic carbocycles. The van der Waals surface area contributed by atoms with Gasteiger partial charge in [-0.2, -0.15) is 31.4 Å². The molecule has 0 aliphatic carbocycles. The van der Waals surface area contributed by atoms with Crippen molar-refractivity contribution in [3.8, 4) is 0 Å². The molecule has 0 bridgehead atoms. The molecule has 0 aliphatic rings. The van der Waals surface area contributed by atoms with E-state index >= 15 is 0 Å². The van der Waals surface area contributed by atoms with E-state index in [2.05, 4.69) is 10.1 Å². The molecule has 5 nitrogen and oxygen atoms in total. The number of hydrazone groups is 1. The van der Waals surface area contributed by atoms with E-state index in [4.69, 9.17) is 0 Å². The molecule has 0 saturated carbocycles. The number of hydrogen-bond acceptors (Lipinski definition) is 3. The first-order valence-corrected chi connectivity index (χ1v) is 8.07. The molecule has 11 heteroatoms. The highest BCUT2D eigenvalue weighted by Crippen LogP contribution is 2.31. The summed E-state index contributed by atoms with van der Waals surface area (Å²) in [6.07, 6.45) is -8.16. The SMILES string of the molecule is O=C(Cn1c(C(F)(F)F)nc2ccccc21)NN=Cc1ccc(C(F)(F)F)cc1. The average Bonchev–Trinajstić information content (AvgIpc) is 3.00. The monoisotopic (exact) mass is 414 g/mol. The minimum Gasteiger partial charge on any atom is -0.311 e. The van der Waals surface area contributed by atoms with E-state index in [1.165, 1.54) is 24.3 Å². The van der Waals surface area contributed by atoms with Gasteiger partial charge in [-0.1, -0.05) is 24.3 Å². The van der Waals surface area contributed by atoms with Crippen molar-refractivity contribution in [2.24, 2.45) is 5.10 Å². The number of halogens is 6. The third kappa shape index (κ3) is 4.73. The lowest BCUT2D eigenvalue weighted by Gasteiger charge is -2.10. The Bertz CT molecular complexity index is 1050. The Hall–Kier alpha value is -3.37. The second-order valence-corrected chi connectivity index (χ2v) is 5.92. The van der Waals surface area contributed by atoms with Gasteiger partial charge in [0.2, 0.25) is 5.82 Å². The number of amides is 1. The molecule has 0 fully saturated rings. The van der Waals surface area contributed by atoms with Crippen molar-refractivity contribution < 1.29 is 31.1 Å². The van der Waals surface area contributed by atoms with Crippen molar-refractivity contribution in [3.63, 3.8) is 0 Å². The van der Waals surface area contributed by atoms with Gasteiger partial charge in [0.15, 0.2) is 0 Å². The second-order valence-electron chi connectivity index (χ2n) is 5.92. The van der Waals surface area contributed by atoms with Gasteiger partial charge in [-0.3, -0.25) is 4.79 Å². The highest BCUT2D eigenvalue weighted by Gasteiger charge is 2.38. The van der Waals surface area contributed by atoms with E-state index in [9.17, 15) is 31.1 Å². The van der Waals surface area contributed by atoms with Gasteiger partial charge in [0.1, 0.15) is 6.54 Å². The maximum absolute atomic E-state index is 13.2. The largest absolute Gasteiger partial charge is 0.449 e. The first-order chi connectivity index (χ1) is 13.6. The molecule has 152 valence electrons. The van der Waals surface area contributed by atoms with Crippen LogP contribution in [0.15, 0.2) is 53.6 Å². The lowest BCUT2D eigenvalue weighted by Crippen LogP contribution is -2.26. The number of alkyl halides is 6. The van der Waals surface area contributed by atoms with Gasteiger partial charge in [0.05, 0.1) is 22.8 Å². The van der Waals surface area contributed by atoms with Gasteiger partial charge >= 0.3 is 12.4 Å².